The average Bonchev–Trinajstić information content (AvgIpc) is 2.41. The first-order valence-electron chi connectivity index (χ1n) is 5.88. The van der Waals surface area contributed by atoms with Crippen LogP contribution in [0.4, 0.5) is 5.69 Å². The summed E-state index contributed by atoms with van der Waals surface area (Å²) in [5, 5.41) is 11.6. The molecule has 0 atom stereocenters. The van der Waals surface area contributed by atoms with E-state index in [9.17, 15) is 4.79 Å². The Morgan fingerprint density at radius 2 is 2.26 bits per heavy atom. The molecule has 1 amide bonds. The van der Waals surface area contributed by atoms with Crippen LogP contribution in [0, 0.1) is 18.3 Å². The predicted octanol–water partition coefficient (Wildman–Crippen LogP) is 2.44. The van der Waals surface area contributed by atoms with Crippen LogP contribution >= 0.6 is 0 Å². The van der Waals surface area contributed by atoms with Gasteiger partial charge in [-0.05, 0) is 36.2 Å². The van der Waals surface area contributed by atoms with Crippen LogP contribution in [0.3, 0.4) is 0 Å². The number of anilines is 1. The Bertz CT molecular complexity index is 644. The van der Waals surface area contributed by atoms with Gasteiger partial charge in [0.2, 0.25) is 5.91 Å². The molecule has 2 aromatic rings. The Morgan fingerprint density at radius 3 is 3.00 bits per heavy atom. The first kappa shape index (κ1) is 12.8. The lowest BCUT2D eigenvalue weighted by atomic mass is 10.1. The number of nitrogens with one attached hydrogen (secondary N) is 1. The van der Waals surface area contributed by atoms with Gasteiger partial charge in [0.25, 0.3) is 0 Å². The molecule has 0 bridgehead atoms. The normalized spacial score (nSPS) is 9.68. The van der Waals surface area contributed by atoms with Crippen molar-refractivity contribution in [3.8, 4) is 6.07 Å². The molecule has 0 unspecified atom stereocenters. The molecular weight excluding hydrogens is 238 g/mol. The van der Waals surface area contributed by atoms with Gasteiger partial charge in [0.05, 0.1) is 29.9 Å². The van der Waals surface area contributed by atoms with Gasteiger partial charge in [-0.15, -0.1) is 0 Å². The molecule has 0 aliphatic heterocycles. The number of amides is 1. The number of benzene rings is 1. The molecular formula is C15H13N3O. The van der Waals surface area contributed by atoms with Gasteiger partial charge < -0.3 is 5.32 Å². The first-order chi connectivity index (χ1) is 9.19. The number of nitrogens with zero attached hydrogens (tertiary/aromatic N) is 2. The van der Waals surface area contributed by atoms with Crippen molar-refractivity contribution >= 4 is 11.6 Å². The van der Waals surface area contributed by atoms with Gasteiger partial charge in [-0.2, -0.15) is 5.26 Å². The Labute approximate surface area is 111 Å². The van der Waals surface area contributed by atoms with Crippen LogP contribution in [-0.4, -0.2) is 10.9 Å². The fourth-order valence-electron chi connectivity index (χ4n) is 1.73. The minimum absolute atomic E-state index is 0.119. The molecule has 4 nitrogen and oxygen atoms in total. The predicted molar refractivity (Wildman–Crippen MR) is 72.5 cm³/mol. The summed E-state index contributed by atoms with van der Waals surface area (Å²) in [5.41, 5.74) is 3.05. The Hall–Kier alpha value is -2.67. The third-order valence-electron chi connectivity index (χ3n) is 2.73. The van der Waals surface area contributed by atoms with Crippen molar-refractivity contribution in [3.63, 3.8) is 0 Å². The van der Waals surface area contributed by atoms with Gasteiger partial charge in [0.15, 0.2) is 0 Å². The molecule has 0 saturated heterocycles. The summed E-state index contributed by atoms with van der Waals surface area (Å²) in [6.07, 6.45) is 3.55. The second-order valence-electron chi connectivity index (χ2n) is 4.23. The number of hydrogen-bond donors (Lipinski definition) is 1. The standard InChI is InChI=1S/C15H13N3O/c1-11-5-6-17-10-14(11)18-15(19)8-12-3-2-4-13(7-12)9-16/h2-7,10H,8H2,1H3,(H,18,19). The molecule has 4 heteroatoms. The van der Waals surface area contributed by atoms with E-state index in [0.29, 0.717) is 11.3 Å². The SMILES string of the molecule is Cc1ccncc1NC(=O)Cc1cccc(C#N)c1. The lowest BCUT2D eigenvalue weighted by Crippen LogP contribution is -2.15. The third kappa shape index (κ3) is 3.39. The lowest BCUT2D eigenvalue weighted by molar-refractivity contribution is -0.115. The van der Waals surface area contributed by atoms with Crippen LogP contribution in [0.5, 0.6) is 0 Å². The van der Waals surface area contributed by atoms with Gasteiger partial charge >= 0.3 is 0 Å². The van der Waals surface area contributed by atoms with Crippen molar-refractivity contribution in [1.82, 2.24) is 4.98 Å². The minimum atomic E-state index is -0.119. The smallest absolute Gasteiger partial charge is 0.228 e. The quantitative estimate of drug-likeness (QED) is 0.911. The lowest BCUT2D eigenvalue weighted by Gasteiger charge is -2.07. The van der Waals surface area contributed by atoms with Crippen LogP contribution in [0.15, 0.2) is 42.7 Å². The van der Waals surface area contributed by atoms with Gasteiger partial charge in [0.1, 0.15) is 0 Å². The third-order valence-corrected chi connectivity index (χ3v) is 2.73. The van der Waals surface area contributed by atoms with E-state index >= 15 is 0 Å². The van der Waals surface area contributed by atoms with Gasteiger partial charge in [-0.1, -0.05) is 12.1 Å². The maximum atomic E-state index is 11.9. The molecule has 0 aliphatic carbocycles. The van der Waals surface area contributed by atoms with Crippen LogP contribution in [0.1, 0.15) is 16.7 Å². The van der Waals surface area contributed by atoms with Crippen LogP contribution in [-0.2, 0) is 11.2 Å². The zero-order valence-electron chi connectivity index (χ0n) is 10.6. The van der Waals surface area contributed by atoms with Crippen molar-refractivity contribution < 1.29 is 4.79 Å². The highest BCUT2D eigenvalue weighted by Crippen LogP contribution is 2.12. The minimum Gasteiger partial charge on any atom is -0.324 e. The van der Waals surface area contributed by atoms with Crippen molar-refractivity contribution in [2.24, 2.45) is 0 Å². The van der Waals surface area contributed by atoms with Crippen molar-refractivity contribution in [2.75, 3.05) is 5.32 Å². The molecule has 0 aliphatic rings. The number of pyridine rings is 1. The molecule has 94 valence electrons. The summed E-state index contributed by atoms with van der Waals surface area (Å²) in [6, 6.07) is 10.9. The summed E-state index contributed by atoms with van der Waals surface area (Å²) in [4.78, 5) is 15.9. The fraction of sp³-hybridized carbons (Fsp3) is 0.133. The summed E-state index contributed by atoms with van der Waals surface area (Å²) in [6.45, 7) is 1.91. The molecule has 2 rings (SSSR count). The number of aromatic nitrogens is 1. The van der Waals surface area contributed by atoms with Crippen molar-refractivity contribution in [3.05, 3.63) is 59.4 Å². The zero-order valence-corrected chi connectivity index (χ0v) is 10.6. The van der Waals surface area contributed by atoms with E-state index in [1.807, 2.05) is 19.1 Å². The number of carbonyl (C=O) groups is 1. The van der Waals surface area contributed by atoms with E-state index in [1.54, 1.807) is 30.6 Å². The summed E-state index contributed by atoms with van der Waals surface area (Å²) < 4.78 is 0. The molecule has 0 radical (unpaired) electrons. The van der Waals surface area contributed by atoms with E-state index in [4.69, 9.17) is 5.26 Å². The molecule has 1 N–H and O–H groups in total. The number of rotatable bonds is 3. The average molecular weight is 251 g/mol. The van der Waals surface area contributed by atoms with E-state index in [0.717, 1.165) is 11.1 Å². The molecule has 0 saturated carbocycles. The largest absolute Gasteiger partial charge is 0.324 e. The Kier molecular flexibility index (Phi) is 3.89. The van der Waals surface area contributed by atoms with Crippen LogP contribution < -0.4 is 5.32 Å². The maximum absolute atomic E-state index is 11.9. The monoisotopic (exact) mass is 251 g/mol. The number of aryl methyl sites for hydroxylation is 1. The van der Waals surface area contributed by atoms with E-state index in [2.05, 4.69) is 16.4 Å². The van der Waals surface area contributed by atoms with Gasteiger partial charge in [0, 0.05) is 6.20 Å². The molecule has 0 spiro atoms. The van der Waals surface area contributed by atoms with Crippen LogP contribution in [0.2, 0.25) is 0 Å². The highest BCUT2D eigenvalue weighted by atomic mass is 16.1. The zero-order chi connectivity index (χ0) is 13.7. The summed E-state index contributed by atoms with van der Waals surface area (Å²) in [7, 11) is 0. The molecule has 0 fully saturated rings. The number of nitriles is 1. The summed E-state index contributed by atoms with van der Waals surface area (Å²) >= 11 is 0. The Morgan fingerprint density at radius 1 is 1.42 bits per heavy atom. The number of hydrogen-bond acceptors (Lipinski definition) is 3. The molecule has 19 heavy (non-hydrogen) atoms. The van der Waals surface area contributed by atoms with E-state index in [1.165, 1.54) is 0 Å². The summed E-state index contributed by atoms with van der Waals surface area (Å²) in [5.74, 6) is -0.119. The first-order valence-corrected chi connectivity index (χ1v) is 5.88. The van der Waals surface area contributed by atoms with E-state index in [-0.39, 0.29) is 12.3 Å². The fourth-order valence-corrected chi connectivity index (χ4v) is 1.73. The second kappa shape index (κ2) is 5.78. The van der Waals surface area contributed by atoms with Crippen molar-refractivity contribution in [1.29, 1.82) is 5.26 Å². The van der Waals surface area contributed by atoms with Gasteiger partial charge in [-0.25, -0.2) is 0 Å². The highest BCUT2D eigenvalue weighted by Gasteiger charge is 2.06. The molecule has 1 heterocycles. The maximum Gasteiger partial charge on any atom is 0.228 e. The second-order valence-corrected chi connectivity index (χ2v) is 4.23. The molecule has 1 aromatic heterocycles. The Balaban J connectivity index is 2.06. The van der Waals surface area contributed by atoms with Crippen molar-refractivity contribution in [2.45, 2.75) is 13.3 Å². The highest BCUT2D eigenvalue weighted by molar-refractivity contribution is 5.92. The van der Waals surface area contributed by atoms with E-state index < -0.39 is 0 Å². The topological polar surface area (TPSA) is 65.8 Å². The molecule has 1 aromatic carbocycles. The number of carbonyl (C=O) groups excluding carboxylic acids is 1. The van der Waals surface area contributed by atoms with Crippen LogP contribution in [0.25, 0.3) is 0 Å². The van der Waals surface area contributed by atoms with Gasteiger partial charge in [-0.3, -0.25) is 9.78 Å².